The van der Waals surface area contributed by atoms with Crippen molar-refractivity contribution in [2.45, 2.75) is 38.8 Å². The predicted octanol–water partition coefficient (Wildman–Crippen LogP) is 3.36. The van der Waals surface area contributed by atoms with E-state index in [-0.39, 0.29) is 30.5 Å². The fraction of sp³-hybridized carbons (Fsp3) is 0.588. The molecule has 1 saturated heterocycles. The number of rotatable bonds is 3. The predicted molar refractivity (Wildman–Crippen MR) is 94.6 cm³/mol. The van der Waals surface area contributed by atoms with Crippen molar-refractivity contribution >= 4 is 29.9 Å². The highest BCUT2D eigenvalue weighted by molar-refractivity contribution is 6.31. The van der Waals surface area contributed by atoms with Gasteiger partial charge < -0.3 is 15.4 Å². The molecule has 1 aromatic carbocycles. The average molecular weight is 359 g/mol. The minimum atomic E-state index is -0.000231. The van der Waals surface area contributed by atoms with Crippen LogP contribution in [0.25, 0.3) is 0 Å². The van der Waals surface area contributed by atoms with Crippen molar-refractivity contribution in [3.63, 3.8) is 0 Å². The van der Waals surface area contributed by atoms with Crippen LogP contribution in [0.5, 0.6) is 5.75 Å². The first-order valence-corrected chi connectivity index (χ1v) is 8.34. The quantitative estimate of drug-likeness (QED) is 0.900. The largest absolute Gasteiger partial charge is 0.490 e. The lowest BCUT2D eigenvalue weighted by Gasteiger charge is -2.21. The lowest BCUT2D eigenvalue weighted by Crippen LogP contribution is -2.33. The highest BCUT2D eigenvalue weighted by Crippen LogP contribution is 2.38. The molecule has 23 heavy (non-hydrogen) atoms. The molecule has 3 atom stereocenters. The van der Waals surface area contributed by atoms with Crippen LogP contribution in [0.15, 0.2) is 18.2 Å². The molecular weight excluding hydrogens is 335 g/mol. The first kappa shape index (κ1) is 18.4. The van der Waals surface area contributed by atoms with E-state index < -0.39 is 0 Å². The molecule has 2 N–H and O–H groups in total. The van der Waals surface area contributed by atoms with Crippen LogP contribution >= 0.6 is 24.0 Å². The number of carbonyl (C=O) groups excluding carboxylic acids is 1. The Bertz CT molecular complexity index is 580. The topological polar surface area (TPSA) is 55.6 Å². The molecule has 4 nitrogen and oxygen atoms in total. The van der Waals surface area contributed by atoms with Crippen molar-refractivity contribution in [3.8, 4) is 5.75 Å². The molecule has 1 aliphatic carbocycles. The molecule has 6 heteroatoms. The summed E-state index contributed by atoms with van der Waals surface area (Å²) in [5, 5.41) is 0.551. The van der Waals surface area contributed by atoms with Crippen LogP contribution in [0, 0.1) is 11.8 Å². The van der Waals surface area contributed by atoms with Crippen molar-refractivity contribution in [3.05, 3.63) is 28.8 Å². The molecule has 1 aliphatic heterocycles. The number of nitrogens with two attached hydrogens (primary N) is 1. The number of likely N-dealkylation sites (tertiary alicyclic amines) is 1. The van der Waals surface area contributed by atoms with E-state index in [1.165, 1.54) is 0 Å². The minimum Gasteiger partial charge on any atom is -0.490 e. The molecular formula is C17H24Cl2N2O2. The van der Waals surface area contributed by atoms with Gasteiger partial charge in [0.15, 0.2) is 0 Å². The van der Waals surface area contributed by atoms with Gasteiger partial charge in [-0.3, -0.25) is 4.79 Å². The van der Waals surface area contributed by atoms with Gasteiger partial charge in [-0.1, -0.05) is 11.6 Å². The first-order chi connectivity index (χ1) is 10.5. The molecule has 2 aliphatic rings. The first-order valence-electron chi connectivity index (χ1n) is 7.96. The summed E-state index contributed by atoms with van der Waals surface area (Å²) < 4.78 is 5.77. The zero-order chi connectivity index (χ0) is 15.9. The number of halogens is 2. The number of nitrogens with zero attached hydrogens (tertiary/aromatic N) is 1. The zero-order valence-corrected chi connectivity index (χ0v) is 15.1. The summed E-state index contributed by atoms with van der Waals surface area (Å²) in [4.78, 5) is 14.8. The number of carbonyl (C=O) groups is 1. The van der Waals surface area contributed by atoms with Crippen LogP contribution < -0.4 is 10.5 Å². The van der Waals surface area contributed by atoms with E-state index in [1.54, 1.807) is 18.2 Å². The van der Waals surface area contributed by atoms with E-state index in [1.807, 2.05) is 18.7 Å². The summed E-state index contributed by atoms with van der Waals surface area (Å²) in [7, 11) is 0. The van der Waals surface area contributed by atoms with Crippen LogP contribution in [0.4, 0.5) is 0 Å². The summed E-state index contributed by atoms with van der Waals surface area (Å²) in [6.45, 7) is 5.44. The van der Waals surface area contributed by atoms with Gasteiger partial charge in [-0.2, -0.15) is 0 Å². The van der Waals surface area contributed by atoms with Crippen molar-refractivity contribution < 1.29 is 9.53 Å². The monoisotopic (exact) mass is 358 g/mol. The van der Waals surface area contributed by atoms with E-state index in [2.05, 4.69) is 0 Å². The van der Waals surface area contributed by atoms with Crippen LogP contribution in [-0.2, 0) is 0 Å². The van der Waals surface area contributed by atoms with Gasteiger partial charge in [0, 0.05) is 24.2 Å². The second-order valence-electron chi connectivity index (χ2n) is 6.68. The Morgan fingerprint density at radius 2 is 2.09 bits per heavy atom. The molecule has 3 rings (SSSR count). The maximum atomic E-state index is 12.9. The number of amides is 1. The van der Waals surface area contributed by atoms with Crippen molar-refractivity contribution in [2.24, 2.45) is 17.6 Å². The maximum Gasteiger partial charge on any atom is 0.257 e. The van der Waals surface area contributed by atoms with Gasteiger partial charge in [0.25, 0.3) is 5.91 Å². The summed E-state index contributed by atoms with van der Waals surface area (Å²) >= 11 is 6.08. The van der Waals surface area contributed by atoms with Crippen LogP contribution in [-0.4, -0.2) is 36.0 Å². The molecule has 1 heterocycles. The van der Waals surface area contributed by atoms with Gasteiger partial charge in [0.05, 0.1) is 11.7 Å². The third kappa shape index (κ3) is 3.76. The van der Waals surface area contributed by atoms with E-state index in [9.17, 15) is 4.79 Å². The molecule has 0 bridgehead atoms. The Balaban J connectivity index is 0.00000192. The van der Waals surface area contributed by atoms with Gasteiger partial charge >= 0.3 is 0 Å². The summed E-state index contributed by atoms with van der Waals surface area (Å²) in [5.74, 6) is 1.59. The molecule has 128 valence electrons. The van der Waals surface area contributed by atoms with Crippen molar-refractivity contribution in [2.75, 3.05) is 13.1 Å². The van der Waals surface area contributed by atoms with Crippen molar-refractivity contribution in [1.82, 2.24) is 4.90 Å². The second kappa shape index (κ2) is 7.29. The second-order valence-corrected chi connectivity index (χ2v) is 7.12. The Morgan fingerprint density at radius 1 is 1.35 bits per heavy atom. The van der Waals surface area contributed by atoms with Gasteiger partial charge in [0.1, 0.15) is 5.75 Å². The normalized spacial score (nSPS) is 26.1. The summed E-state index contributed by atoms with van der Waals surface area (Å²) in [6.07, 6.45) is 2.22. The number of fused-ring (bicyclic) bond motifs is 1. The third-order valence-corrected chi connectivity index (χ3v) is 4.97. The van der Waals surface area contributed by atoms with E-state index in [4.69, 9.17) is 22.1 Å². The summed E-state index contributed by atoms with van der Waals surface area (Å²) in [5.41, 5.74) is 6.71. The standard InChI is InChI=1S/C17H23ClN2O2.ClH/c1-10(2)22-16-6-4-12(18)7-13(16)17(21)20-8-11-3-5-15(19)14(11)9-20;/h4,6-7,10-11,14-15H,3,5,8-9,19H2,1-2H3;1H. The Labute approximate surface area is 148 Å². The Hall–Kier alpha value is -0.970. The smallest absolute Gasteiger partial charge is 0.257 e. The Kier molecular flexibility index (Phi) is 5.82. The molecule has 0 aromatic heterocycles. The van der Waals surface area contributed by atoms with Gasteiger partial charge in [-0.05, 0) is 56.7 Å². The van der Waals surface area contributed by atoms with E-state index in [0.29, 0.717) is 28.2 Å². The molecule has 1 aromatic rings. The third-order valence-electron chi connectivity index (χ3n) is 4.73. The maximum absolute atomic E-state index is 12.9. The van der Waals surface area contributed by atoms with Crippen LogP contribution in [0.2, 0.25) is 5.02 Å². The zero-order valence-electron chi connectivity index (χ0n) is 13.5. The lowest BCUT2D eigenvalue weighted by atomic mass is 9.98. The molecule has 0 spiro atoms. The molecule has 3 unspecified atom stereocenters. The average Bonchev–Trinajstić information content (AvgIpc) is 3.02. The van der Waals surface area contributed by atoms with Crippen molar-refractivity contribution in [1.29, 1.82) is 0 Å². The van der Waals surface area contributed by atoms with Crippen LogP contribution in [0.3, 0.4) is 0 Å². The van der Waals surface area contributed by atoms with Gasteiger partial charge in [-0.15, -0.1) is 12.4 Å². The fourth-order valence-corrected chi connectivity index (χ4v) is 3.84. The molecule has 2 fully saturated rings. The number of hydrogen-bond acceptors (Lipinski definition) is 3. The lowest BCUT2D eigenvalue weighted by molar-refractivity contribution is 0.0773. The molecule has 1 saturated carbocycles. The number of benzene rings is 1. The summed E-state index contributed by atoms with van der Waals surface area (Å²) in [6, 6.07) is 5.46. The minimum absolute atomic E-state index is 0. The highest BCUT2D eigenvalue weighted by Gasteiger charge is 2.42. The van der Waals surface area contributed by atoms with E-state index >= 15 is 0 Å². The number of hydrogen-bond donors (Lipinski definition) is 1. The van der Waals surface area contributed by atoms with Crippen LogP contribution in [0.1, 0.15) is 37.0 Å². The van der Waals surface area contributed by atoms with Gasteiger partial charge in [0.2, 0.25) is 0 Å². The molecule has 0 radical (unpaired) electrons. The fourth-order valence-electron chi connectivity index (χ4n) is 3.67. The SMILES string of the molecule is CC(C)Oc1ccc(Cl)cc1C(=O)N1CC2CCC(N)C2C1.Cl. The van der Waals surface area contributed by atoms with E-state index in [0.717, 1.165) is 25.9 Å². The molecule has 1 amide bonds. The van der Waals surface area contributed by atoms with Gasteiger partial charge in [-0.25, -0.2) is 0 Å². The highest BCUT2D eigenvalue weighted by atomic mass is 35.5. The number of ether oxygens (including phenoxy) is 1. The Morgan fingerprint density at radius 3 is 2.74 bits per heavy atom.